The van der Waals surface area contributed by atoms with Crippen molar-refractivity contribution in [2.75, 3.05) is 6.61 Å². The van der Waals surface area contributed by atoms with Gasteiger partial charge in [-0.1, -0.05) is 30.3 Å². The summed E-state index contributed by atoms with van der Waals surface area (Å²) in [5.41, 5.74) is 1.96. The van der Waals surface area contributed by atoms with Crippen LogP contribution in [0.1, 0.15) is 43.5 Å². The zero-order valence-corrected chi connectivity index (χ0v) is 15.6. The molecular weight excluding hydrogens is 380 g/mol. The Kier molecular flexibility index (Phi) is 5.02. The van der Waals surface area contributed by atoms with Gasteiger partial charge in [0.2, 0.25) is 23.0 Å². The highest BCUT2D eigenvalue weighted by Gasteiger charge is 2.42. The third-order valence-corrected chi connectivity index (χ3v) is 5.01. The van der Waals surface area contributed by atoms with Crippen molar-refractivity contribution >= 4 is 11.6 Å². The second-order valence-electron chi connectivity index (χ2n) is 6.68. The van der Waals surface area contributed by atoms with Crippen LogP contribution in [0.2, 0.25) is 0 Å². The lowest BCUT2D eigenvalue weighted by Gasteiger charge is -2.13. The number of halogens is 2. The minimum Gasteiger partial charge on any atom is -0.319 e. The minimum atomic E-state index is -2.90. The highest BCUT2D eigenvalue weighted by atomic mass is 19.3. The topological polar surface area (TPSA) is 65.1 Å². The van der Waals surface area contributed by atoms with Crippen LogP contribution in [0.5, 0.6) is 0 Å². The van der Waals surface area contributed by atoms with Gasteiger partial charge < -0.3 is 4.74 Å². The third kappa shape index (κ3) is 3.36. The van der Waals surface area contributed by atoms with Gasteiger partial charge in [-0.25, -0.2) is 9.13 Å². The number of fused-ring (bicyclic) bond motifs is 2. The number of carbonyl (C=O) groups is 2. The number of hydrogen-bond donors (Lipinski definition) is 0. The van der Waals surface area contributed by atoms with Crippen LogP contribution in [0.25, 0.3) is 0 Å². The Balaban J connectivity index is 1.85. The predicted octanol–water partition coefficient (Wildman–Crippen LogP) is 2.54. The number of pyridine rings is 1. The molecule has 0 bridgehead atoms. The maximum Gasteiger partial charge on any atom is 0.345 e. The molecule has 1 aliphatic carbocycles. The summed E-state index contributed by atoms with van der Waals surface area (Å²) in [5.74, 6) is 0.0298. The van der Waals surface area contributed by atoms with E-state index in [9.17, 15) is 18.4 Å². The number of hydrogen-bond acceptors (Lipinski definition) is 4. The van der Waals surface area contributed by atoms with E-state index in [2.05, 4.69) is 9.72 Å². The Morgan fingerprint density at radius 2 is 1.83 bits per heavy atom. The van der Waals surface area contributed by atoms with Crippen molar-refractivity contribution in [3.8, 4) is 0 Å². The average molecular weight is 398 g/mol. The molecule has 2 aromatic heterocycles. The standard InChI is InChI=1S/C21H18F2N3O3/c1-13-25(9-10-29-21(22)23)17-18(26(13)12-14-5-4-8-24-11-14)20(28)16-7-3-2-6-15(16)19(17)27/h2-8,11,21H,9-10,12H2,1H3/q+1. The fraction of sp³-hybridized carbons (Fsp3) is 0.238. The first kappa shape index (κ1) is 19.1. The predicted molar refractivity (Wildman–Crippen MR) is 98.0 cm³/mol. The number of nitrogens with zero attached hydrogens (tertiary/aromatic N) is 3. The molecule has 0 fully saturated rings. The van der Waals surface area contributed by atoms with Gasteiger partial charge in [0.25, 0.3) is 5.82 Å². The molecule has 0 amide bonds. The first-order valence-corrected chi connectivity index (χ1v) is 9.09. The monoisotopic (exact) mass is 398 g/mol. The molecule has 0 spiro atoms. The number of benzene rings is 1. The molecule has 29 heavy (non-hydrogen) atoms. The molecule has 0 aliphatic heterocycles. The number of ether oxygens (including phenoxy) is 1. The second kappa shape index (κ2) is 7.63. The summed E-state index contributed by atoms with van der Waals surface area (Å²) >= 11 is 0. The quantitative estimate of drug-likeness (QED) is 0.468. The molecule has 148 valence electrons. The van der Waals surface area contributed by atoms with Crippen LogP contribution in [-0.4, -0.2) is 34.3 Å². The summed E-state index contributed by atoms with van der Waals surface area (Å²) in [4.78, 5) is 30.6. The van der Waals surface area contributed by atoms with E-state index in [1.807, 2.05) is 6.07 Å². The lowest BCUT2D eigenvalue weighted by atomic mass is 9.90. The highest BCUT2D eigenvalue weighted by Crippen LogP contribution is 2.27. The zero-order chi connectivity index (χ0) is 20.5. The molecule has 2 heterocycles. The van der Waals surface area contributed by atoms with Crippen LogP contribution < -0.4 is 4.57 Å². The van der Waals surface area contributed by atoms with Crippen LogP contribution in [0, 0.1) is 6.92 Å². The average Bonchev–Trinajstić information content (AvgIpc) is 2.99. The van der Waals surface area contributed by atoms with Crippen LogP contribution in [0.15, 0.2) is 48.8 Å². The number of aromatic nitrogens is 3. The van der Waals surface area contributed by atoms with Crippen LogP contribution in [0.4, 0.5) is 8.78 Å². The fourth-order valence-corrected chi connectivity index (χ4v) is 3.69. The Hall–Kier alpha value is -3.26. The fourth-order valence-electron chi connectivity index (χ4n) is 3.69. The molecule has 4 rings (SSSR count). The third-order valence-electron chi connectivity index (χ3n) is 5.01. The van der Waals surface area contributed by atoms with Gasteiger partial charge in [0.1, 0.15) is 13.1 Å². The zero-order valence-electron chi connectivity index (χ0n) is 15.6. The molecular formula is C21H18F2N3O3+. The van der Waals surface area contributed by atoms with Crippen molar-refractivity contribution in [2.24, 2.45) is 0 Å². The van der Waals surface area contributed by atoms with Crippen molar-refractivity contribution in [1.82, 2.24) is 9.55 Å². The summed E-state index contributed by atoms with van der Waals surface area (Å²) in [5, 5.41) is 0. The van der Waals surface area contributed by atoms with E-state index in [0.29, 0.717) is 23.5 Å². The van der Waals surface area contributed by atoms with E-state index in [-0.39, 0.29) is 36.1 Å². The van der Waals surface area contributed by atoms with Crippen molar-refractivity contribution in [2.45, 2.75) is 26.6 Å². The summed E-state index contributed by atoms with van der Waals surface area (Å²) in [7, 11) is 0. The van der Waals surface area contributed by atoms with Crippen LogP contribution in [0.3, 0.4) is 0 Å². The minimum absolute atomic E-state index is 0.0275. The number of rotatable bonds is 6. The first-order chi connectivity index (χ1) is 14.0. The largest absolute Gasteiger partial charge is 0.345 e. The Morgan fingerprint density at radius 1 is 1.10 bits per heavy atom. The molecule has 0 atom stereocenters. The van der Waals surface area contributed by atoms with Crippen LogP contribution in [-0.2, 0) is 17.8 Å². The smallest absolute Gasteiger partial charge is 0.319 e. The molecule has 0 N–H and O–H groups in total. The van der Waals surface area contributed by atoms with E-state index in [1.165, 1.54) is 0 Å². The van der Waals surface area contributed by atoms with Gasteiger partial charge in [-0.2, -0.15) is 8.78 Å². The van der Waals surface area contributed by atoms with Gasteiger partial charge in [-0.3, -0.25) is 14.6 Å². The summed E-state index contributed by atoms with van der Waals surface area (Å²) < 4.78 is 32.6. The van der Waals surface area contributed by atoms with Crippen molar-refractivity contribution in [3.63, 3.8) is 0 Å². The van der Waals surface area contributed by atoms with Crippen LogP contribution >= 0.6 is 0 Å². The van der Waals surface area contributed by atoms with Gasteiger partial charge in [-0.15, -0.1) is 0 Å². The Bertz CT molecular complexity index is 1090. The molecule has 1 aromatic carbocycles. The van der Waals surface area contributed by atoms with Gasteiger partial charge >= 0.3 is 6.61 Å². The number of imidazole rings is 1. The molecule has 8 heteroatoms. The molecule has 0 unspecified atom stereocenters. The first-order valence-electron chi connectivity index (χ1n) is 9.09. The number of ketones is 2. The summed E-state index contributed by atoms with van der Waals surface area (Å²) in [6.45, 7) is -1.08. The molecule has 0 radical (unpaired) electrons. The normalized spacial score (nSPS) is 13.0. The van der Waals surface area contributed by atoms with Gasteiger partial charge in [0.05, 0.1) is 6.61 Å². The van der Waals surface area contributed by atoms with E-state index < -0.39 is 6.61 Å². The summed E-state index contributed by atoms with van der Waals surface area (Å²) in [6.07, 6.45) is 3.33. The molecule has 0 saturated heterocycles. The maximum atomic E-state index is 13.3. The maximum absolute atomic E-state index is 13.3. The van der Waals surface area contributed by atoms with Crippen molar-refractivity contribution in [1.29, 1.82) is 0 Å². The molecule has 0 saturated carbocycles. The lowest BCUT2D eigenvalue weighted by molar-refractivity contribution is -0.695. The van der Waals surface area contributed by atoms with E-state index >= 15 is 0 Å². The van der Waals surface area contributed by atoms with Gasteiger partial charge in [0, 0.05) is 36.0 Å². The van der Waals surface area contributed by atoms with E-state index in [0.717, 1.165) is 5.56 Å². The Labute approximate surface area is 165 Å². The van der Waals surface area contributed by atoms with E-state index in [4.69, 9.17) is 0 Å². The highest BCUT2D eigenvalue weighted by molar-refractivity contribution is 6.26. The number of alkyl halides is 2. The molecule has 3 aromatic rings. The Morgan fingerprint density at radius 3 is 2.48 bits per heavy atom. The second-order valence-corrected chi connectivity index (χ2v) is 6.68. The van der Waals surface area contributed by atoms with Crippen molar-refractivity contribution < 1.29 is 27.7 Å². The van der Waals surface area contributed by atoms with E-state index in [1.54, 1.807) is 58.8 Å². The summed E-state index contributed by atoms with van der Waals surface area (Å²) in [6, 6.07) is 10.3. The SMILES string of the molecule is Cc1n(CCOC(F)F)c2c([n+]1Cc1cccnc1)C(=O)c1ccccc1C2=O. The number of carbonyl (C=O) groups excluding carboxylic acids is 2. The molecule has 6 nitrogen and oxygen atoms in total. The molecule has 1 aliphatic rings. The van der Waals surface area contributed by atoms with Gasteiger partial charge in [-0.05, 0) is 6.07 Å². The lowest BCUT2D eigenvalue weighted by Crippen LogP contribution is -2.43. The van der Waals surface area contributed by atoms with Crippen molar-refractivity contribution in [3.05, 3.63) is 82.7 Å². The van der Waals surface area contributed by atoms with Gasteiger partial charge in [0.15, 0.2) is 0 Å².